The molecule has 4 nitrogen and oxygen atoms in total. The van der Waals surface area contributed by atoms with Crippen LogP contribution in [0.2, 0.25) is 0 Å². The van der Waals surface area contributed by atoms with Crippen LogP contribution >= 0.6 is 0 Å². The number of aryl methyl sites for hydroxylation is 1. The van der Waals surface area contributed by atoms with E-state index in [-0.39, 0.29) is 22.2 Å². The Labute approximate surface area is 125 Å². The lowest BCUT2D eigenvalue weighted by atomic mass is 9.81. The van der Waals surface area contributed by atoms with Crippen molar-refractivity contribution in [1.82, 2.24) is 0 Å². The predicted molar refractivity (Wildman–Crippen MR) is 77.5 cm³/mol. The Morgan fingerprint density at radius 1 is 1.14 bits per heavy atom. The first-order valence-electron chi connectivity index (χ1n) is 7.68. The lowest BCUT2D eigenvalue weighted by Gasteiger charge is -2.23. The maximum absolute atomic E-state index is 12.5. The second-order valence-corrected chi connectivity index (χ2v) is 8.16. The molecule has 3 atom stereocenters. The Bertz CT molecular complexity index is 662. The predicted octanol–water partition coefficient (Wildman–Crippen LogP) is 2.94. The lowest BCUT2D eigenvalue weighted by Crippen LogP contribution is -2.36. The molecule has 3 fully saturated rings. The van der Waals surface area contributed by atoms with E-state index < -0.39 is 10.1 Å². The molecule has 1 saturated heterocycles. The molecule has 0 unspecified atom stereocenters. The fourth-order valence-electron chi connectivity index (χ4n) is 4.21. The zero-order valence-corrected chi connectivity index (χ0v) is 13.0. The van der Waals surface area contributed by atoms with Crippen LogP contribution in [0.4, 0.5) is 0 Å². The van der Waals surface area contributed by atoms with E-state index in [0.29, 0.717) is 0 Å². The number of hydrogen-bond donors (Lipinski definition) is 0. The van der Waals surface area contributed by atoms with Crippen molar-refractivity contribution in [2.24, 2.45) is 0 Å². The molecule has 1 aromatic rings. The van der Waals surface area contributed by atoms with Gasteiger partial charge in [0.1, 0.15) is 17.3 Å². The van der Waals surface area contributed by atoms with Gasteiger partial charge in [-0.15, -0.1) is 0 Å². The summed E-state index contributed by atoms with van der Waals surface area (Å²) in [6, 6.07) is 6.81. The smallest absolute Gasteiger partial charge is 0.297 e. The zero-order chi connectivity index (χ0) is 14.7. The molecule has 21 heavy (non-hydrogen) atoms. The normalized spacial score (nSPS) is 37.9. The zero-order valence-electron chi connectivity index (χ0n) is 12.2. The average molecular weight is 308 g/mol. The Kier molecular flexibility index (Phi) is 2.82. The van der Waals surface area contributed by atoms with Crippen molar-refractivity contribution >= 4 is 10.1 Å². The van der Waals surface area contributed by atoms with E-state index in [2.05, 4.69) is 0 Å². The van der Waals surface area contributed by atoms with Crippen molar-refractivity contribution in [3.63, 3.8) is 0 Å². The first-order valence-corrected chi connectivity index (χ1v) is 9.09. The van der Waals surface area contributed by atoms with Crippen LogP contribution in [-0.4, -0.2) is 25.7 Å². The van der Waals surface area contributed by atoms with Gasteiger partial charge in [0.25, 0.3) is 10.1 Å². The van der Waals surface area contributed by atoms with Crippen molar-refractivity contribution in [2.45, 2.75) is 67.7 Å². The number of rotatable bonds is 3. The Morgan fingerprint density at radius 2 is 1.86 bits per heavy atom. The Hall–Kier alpha value is -0.910. The third-order valence-electron chi connectivity index (χ3n) is 5.37. The van der Waals surface area contributed by atoms with E-state index in [1.807, 2.05) is 6.92 Å². The topological polar surface area (TPSA) is 55.9 Å². The Balaban J connectivity index is 1.58. The fourth-order valence-corrected chi connectivity index (χ4v) is 5.35. The quantitative estimate of drug-likeness (QED) is 0.636. The summed E-state index contributed by atoms with van der Waals surface area (Å²) < 4.78 is 36.5. The molecule has 0 aromatic heterocycles. The minimum atomic E-state index is -3.71. The highest BCUT2D eigenvalue weighted by Crippen LogP contribution is 2.67. The van der Waals surface area contributed by atoms with Crippen LogP contribution in [0, 0.1) is 6.92 Å². The second kappa shape index (κ2) is 4.31. The van der Waals surface area contributed by atoms with Gasteiger partial charge in [-0.2, -0.15) is 8.42 Å². The summed E-state index contributed by atoms with van der Waals surface area (Å²) in [6.07, 6.45) is 5.67. The molecule has 1 aromatic carbocycles. The van der Waals surface area contributed by atoms with Gasteiger partial charge in [0, 0.05) is 0 Å². The van der Waals surface area contributed by atoms with Gasteiger partial charge in [-0.05, 0) is 44.7 Å². The lowest BCUT2D eigenvalue weighted by molar-refractivity contribution is 0.0831. The van der Waals surface area contributed by atoms with Gasteiger partial charge >= 0.3 is 0 Å². The van der Waals surface area contributed by atoms with Gasteiger partial charge in [0.2, 0.25) is 0 Å². The van der Waals surface area contributed by atoms with Gasteiger partial charge < -0.3 is 4.74 Å². The fraction of sp³-hybridized carbons (Fsp3) is 0.625. The van der Waals surface area contributed by atoms with Crippen LogP contribution < -0.4 is 0 Å². The van der Waals surface area contributed by atoms with Crippen LogP contribution in [-0.2, 0) is 19.0 Å². The molecule has 0 amide bonds. The molecule has 2 saturated carbocycles. The van der Waals surface area contributed by atoms with Gasteiger partial charge in [-0.25, -0.2) is 0 Å². The summed E-state index contributed by atoms with van der Waals surface area (Å²) in [5, 5.41) is 0. The maximum Gasteiger partial charge on any atom is 0.297 e. The standard InChI is InChI=1S/C16H20O4S/c1-12-4-6-13(7-5-12)21(17,18)19-14-8-11-15-9-2-3-10-16(14,15)20-15/h4-7,14H,2-3,8-11H2,1H3/t14-,15+,16-/m0/s1. The summed E-state index contributed by atoms with van der Waals surface area (Å²) in [4.78, 5) is 0.235. The molecule has 5 heteroatoms. The van der Waals surface area contributed by atoms with Crippen molar-refractivity contribution in [1.29, 1.82) is 0 Å². The minimum absolute atomic E-state index is 0.0707. The highest BCUT2D eigenvalue weighted by molar-refractivity contribution is 7.86. The van der Waals surface area contributed by atoms with Crippen LogP contribution in [0.15, 0.2) is 29.2 Å². The highest BCUT2D eigenvalue weighted by Gasteiger charge is 2.77. The summed E-state index contributed by atoms with van der Waals surface area (Å²) in [5.74, 6) is 0. The molecule has 0 N–H and O–H groups in total. The number of ether oxygens (including phenoxy) is 1. The second-order valence-electron chi connectivity index (χ2n) is 6.58. The monoisotopic (exact) mass is 308 g/mol. The van der Waals surface area contributed by atoms with Crippen LogP contribution in [0.25, 0.3) is 0 Å². The SMILES string of the molecule is Cc1ccc(S(=O)(=O)O[C@H]2CC[C@]34CCCC[C@]23O4)cc1. The van der Waals surface area contributed by atoms with E-state index in [1.165, 1.54) is 6.42 Å². The van der Waals surface area contributed by atoms with Crippen molar-refractivity contribution in [3.8, 4) is 0 Å². The van der Waals surface area contributed by atoms with Gasteiger partial charge in [0.15, 0.2) is 0 Å². The summed E-state index contributed by atoms with van der Waals surface area (Å²) in [6.45, 7) is 1.93. The molecule has 0 bridgehead atoms. The van der Waals surface area contributed by atoms with E-state index in [9.17, 15) is 8.42 Å². The van der Waals surface area contributed by atoms with Gasteiger partial charge in [-0.3, -0.25) is 4.18 Å². The van der Waals surface area contributed by atoms with Crippen molar-refractivity contribution in [2.75, 3.05) is 0 Å². The third kappa shape index (κ3) is 1.91. The van der Waals surface area contributed by atoms with Crippen molar-refractivity contribution < 1.29 is 17.3 Å². The minimum Gasteiger partial charge on any atom is -0.360 e. The van der Waals surface area contributed by atoms with Gasteiger partial charge in [-0.1, -0.05) is 30.5 Å². The van der Waals surface area contributed by atoms with Crippen LogP contribution in [0.3, 0.4) is 0 Å². The van der Waals surface area contributed by atoms with Crippen LogP contribution in [0.1, 0.15) is 44.1 Å². The number of benzene rings is 1. The molecule has 4 rings (SSSR count). The molecule has 3 aliphatic rings. The van der Waals surface area contributed by atoms with E-state index in [4.69, 9.17) is 8.92 Å². The van der Waals surface area contributed by atoms with Crippen molar-refractivity contribution in [3.05, 3.63) is 29.8 Å². The van der Waals surface area contributed by atoms with E-state index >= 15 is 0 Å². The first-order chi connectivity index (χ1) is 9.98. The van der Waals surface area contributed by atoms with E-state index in [1.54, 1.807) is 24.3 Å². The van der Waals surface area contributed by atoms with Gasteiger partial charge in [0.05, 0.1) is 4.90 Å². The third-order valence-corrected chi connectivity index (χ3v) is 6.70. The Morgan fingerprint density at radius 3 is 2.62 bits per heavy atom. The summed E-state index contributed by atoms with van der Waals surface area (Å²) in [5.41, 5.74) is 0.645. The first kappa shape index (κ1) is 13.7. The molecule has 114 valence electrons. The highest BCUT2D eigenvalue weighted by atomic mass is 32.2. The summed E-state index contributed by atoms with van der Waals surface area (Å²) >= 11 is 0. The molecule has 0 radical (unpaired) electrons. The summed E-state index contributed by atoms with van der Waals surface area (Å²) in [7, 11) is -3.71. The molecule has 2 aliphatic carbocycles. The molecule has 0 spiro atoms. The largest absolute Gasteiger partial charge is 0.360 e. The average Bonchev–Trinajstić information content (AvgIpc) is 3.05. The molecule has 1 heterocycles. The molecular formula is C16H20O4S. The van der Waals surface area contributed by atoms with E-state index in [0.717, 1.165) is 37.7 Å². The number of epoxide rings is 1. The number of hydrogen-bond acceptors (Lipinski definition) is 4. The molecule has 1 aliphatic heterocycles. The maximum atomic E-state index is 12.5. The van der Waals surface area contributed by atoms with Crippen LogP contribution in [0.5, 0.6) is 0 Å². The molecular weight excluding hydrogens is 288 g/mol.